The minimum absolute atomic E-state index is 0.254. The Morgan fingerprint density at radius 1 is 1.10 bits per heavy atom. The summed E-state index contributed by atoms with van der Waals surface area (Å²) < 4.78 is 20.5. The van der Waals surface area contributed by atoms with E-state index in [2.05, 4.69) is 16.5 Å². The van der Waals surface area contributed by atoms with E-state index < -0.39 is 0 Å². The lowest BCUT2D eigenvalue weighted by Crippen LogP contribution is -2.05. The number of ether oxygens (including phenoxy) is 1. The molecule has 0 N–H and O–H groups in total. The number of nitrogens with zero attached hydrogens (tertiary/aromatic N) is 2. The Bertz CT molecular complexity index is 1000. The number of esters is 1. The zero-order chi connectivity index (χ0) is 20.8. The zero-order valence-corrected chi connectivity index (χ0v) is 17.0. The molecule has 0 aliphatic carbocycles. The van der Waals surface area contributed by atoms with E-state index in [1.54, 1.807) is 42.6 Å². The smallest absolute Gasteiger partial charge is 0.338 e. The first kappa shape index (κ1) is 20.5. The molecule has 0 saturated heterocycles. The van der Waals surface area contributed by atoms with Gasteiger partial charge in [0.15, 0.2) is 0 Å². The van der Waals surface area contributed by atoms with Crippen LogP contribution in [0.2, 0.25) is 0 Å². The maximum Gasteiger partial charge on any atom is 0.338 e. The topological polar surface area (TPSA) is 43.6 Å². The fraction of sp³-hybridized carbons (Fsp3) is 0.250. The highest BCUT2D eigenvalue weighted by molar-refractivity contribution is 5.90. The molecule has 29 heavy (non-hydrogen) atoms. The molecule has 0 spiro atoms. The highest BCUT2D eigenvalue weighted by Crippen LogP contribution is 2.21. The quantitative estimate of drug-likeness (QED) is 0.284. The number of carbonyl (C=O) groups excluding carboxylic acids is 1. The Balaban J connectivity index is 1.74. The Labute approximate surface area is 170 Å². The molecule has 0 fully saturated rings. The SMILES string of the molecule is CCCCOC(=O)c1ccc(N=Cc2cc(C)n(-c3ccc(F)cc3)c2C)cc1. The molecule has 3 aromatic rings. The molecule has 0 atom stereocenters. The van der Waals surface area contributed by atoms with E-state index in [-0.39, 0.29) is 11.8 Å². The second-order valence-corrected chi connectivity index (χ2v) is 6.93. The molecular weight excluding hydrogens is 367 g/mol. The van der Waals surface area contributed by atoms with Gasteiger partial charge in [0, 0.05) is 28.9 Å². The van der Waals surface area contributed by atoms with Gasteiger partial charge < -0.3 is 9.30 Å². The maximum atomic E-state index is 13.2. The number of carbonyl (C=O) groups is 1. The number of aryl methyl sites for hydroxylation is 1. The van der Waals surface area contributed by atoms with Gasteiger partial charge in [0.2, 0.25) is 0 Å². The van der Waals surface area contributed by atoms with E-state index >= 15 is 0 Å². The molecule has 3 rings (SSSR count). The molecule has 1 heterocycles. The third-order valence-corrected chi connectivity index (χ3v) is 4.74. The first-order chi connectivity index (χ1) is 14.0. The molecule has 0 saturated carbocycles. The zero-order valence-electron chi connectivity index (χ0n) is 17.0. The Morgan fingerprint density at radius 2 is 1.79 bits per heavy atom. The summed E-state index contributed by atoms with van der Waals surface area (Å²) in [5.74, 6) is -0.562. The average molecular weight is 392 g/mol. The third-order valence-electron chi connectivity index (χ3n) is 4.74. The van der Waals surface area contributed by atoms with E-state index in [4.69, 9.17) is 4.74 Å². The molecule has 4 nitrogen and oxygen atoms in total. The monoisotopic (exact) mass is 392 g/mol. The van der Waals surface area contributed by atoms with Gasteiger partial charge in [0.25, 0.3) is 0 Å². The van der Waals surface area contributed by atoms with Gasteiger partial charge in [-0.05, 0) is 74.9 Å². The van der Waals surface area contributed by atoms with Crippen LogP contribution in [0.15, 0.2) is 59.6 Å². The van der Waals surface area contributed by atoms with Crippen LogP contribution >= 0.6 is 0 Å². The van der Waals surface area contributed by atoms with Crippen molar-refractivity contribution < 1.29 is 13.9 Å². The fourth-order valence-corrected chi connectivity index (χ4v) is 3.13. The van der Waals surface area contributed by atoms with Gasteiger partial charge in [-0.2, -0.15) is 0 Å². The second kappa shape index (κ2) is 9.32. The lowest BCUT2D eigenvalue weighted by molar-refractivity contribution is 0.0500. The van der Waals surface area contributed by atoms with Crippen molar-refractivity contribution in [3.05, 3.63) is 82.9 Å². The summed E-state index contributed by atoms with van der Waals surface area (Å²) in [7, 11) is 0. The van der Waals surface area contributed by atoms with Crippen LogP contribution in [0, 0.1) is 19.7 Å². The second-order valence-electron chi connectivity index (χ2n) is 6.93. The molecule has 1 aromatic heterocycles. The predicted molar refractivity (Wildman–Crippen MR) is 114 cm³/mol. The van der Waals surface area contributed by atoms with E-state index in [1.165, 1.54) is 12.1 Å². The fourth-order valence-electron chi connectivity index (χ4n) is 3.13. The molecule has 5 heteroatoms. The van der Waals surface area contributed by atoms with E-state index in [0.717, 1.165) is 41.2 Å². The Hall–Kier alpha value is -3.21. The van der Waals surface area contributed by atoms with Crippen LogP contribution in [0.5, 0.6) is 0 Å². The van der Waals surface area contributed by atoms with Gasteiger partial charge in [-0.1, -0.05) is 13.3 Å². The summed E-state index contributed by atoms with van der Waals surface area (Å²) in [6, 6.07) is 15.5. The van der Waals surface area contributed by atoms with Crippen LogP contribution in [0.1, 0.15) is 47.1 Å². The van der Waals surface area contributed by atoms with Crippen molar-refractivity contribution in [3.8, 4) is 5.69 Å². The predicted octanol–water partition coefficient (Wildman–Crippen LogP) is 5.94. The summed E-state index contributed by atoms with van der Waals surface area (Å²) in [4.78, 5) is 16.5. The standard InChI is InChI=1S/C24H25FN2O2/c1-4-5-14-29-24(28)19-6-10-22(11-7-19)26-16-20-15-17(2)27(18(20)3)23-12-8-21(25)9-13-23/h6-13,15-16H,4-5,14H2,1-3H3. The highest BCUT2D eigenvalue weighted by atomic mass is 19.1. The summed E-state index contributed by atoms with van der Waals surface area (Å²) in [6.45, 7) is 6.51. The molecule has 2 aromatic carbocycles. The molecule has 0 bridgehead atoms. The lowest BCUT2D eigenvalue weighted by atomic mass is 10.2. The van der Waals surface area contributed by atoms with Crippen molar-refractivity contribution in [1.82, 2.24) is 4.57 Å². The van der Waals surface area contributed by atoms with Crippen molar-refractivity contribution in [2.45, 2.75) is 33.6 Å². The molecule has 0 radical (unpaired) electrons. The summed E-state index contributed by atoms with van der Waals surface area (Å²) in [5.41, 5.74) is 5.23. The molecular formula is C24H25FN2O2. The minimum atomic E-state index is -0.308. The van der Waals surface area contributed by atoms with Gasteiger partial charge in [-0.3, -0.25) is 4.99 Å². The van der Waals surface area contributed by atoms with Crippen molar-refractivity contribution in [2.24, 2.45) is 4.99 Å². The van der Waals surface area contributed by atoms with Crippen LogP contribution in [0.25, 0.3) is 5.69 Å². The normalized spacial score (nSPS) is 11.2. The first-order valence-corrected chi connectivity index (χ1v) is 9.75. The molecule has 0 unspecified atom stereocenters. The number of halogens is 1. The minimum Gasteiger partial charge on any atom is -0.462 e. The van der Waals surface area contributed by atoms with E-state index in [9.17, 15) is 9.18 Å². The number of rotatable bonds is 7. The average Bonchev–Trinajstić information content (AvgIpc) is 3.01. The van der Waals surface area contributed by atoms with E-state index in [1.807, 2.05) is 19.9 Å². The lowest BCUT2D eigenvalue weighted by Gasteiger charge is -2.09. The number of aromatic nitrogens is 1. The molecule has 0 aliphatic rings. The van der Waals surface area contributed by atoms with E-state index in [0.29, 0.717) is 12.2 Å². The van der Waals surface area contributed by atoms with Gasteiger partial charge in [0.1, 0.15) is 5.82 Å². The Kier molecular flexibility index (Phi) is 6.60. The number of hydrogen-bond acceptors (Lipinski definition) is 3. The third kappa shape index (κ3) is 4.99. The van der Waals surface area contributed by atoms with Gasteiger partial charge in [-0.25, -0.2) is 9.18 Å². The Morgan fingerprint density at radius 3 is 2.45 bits per heavy atom. The van der Waals surface area contributed by atoms with Crippen LogP contribution in [0.4, 0.5) is 10.1 Å². The molecule has 150 valence electrons. The van der Waals surface area contributed by atoms with Gasteiger partial charge in [0.05, 0.1) is 17.9 Å². The van der Waals surface area contributed by atoms with Crippen molar-refractivity contribution in [3.63, 3.8) is 0 Å². The largest absolute Gasteiger partial charge is 0.462 e. The van der Waals surface area contributed by atoms with Crippen molar-refractivity contribution >= 4 is 17.9 Å². The summed E-state index contributed by atoms with van der Waals surface area (Å²) in [6.07, 6.45) is 3.66. The van der Waals surface area contributed by atoms with Crippen LogP contribution < -0.4 is 0 Å². The number of aliphatic imine (C=N–C) groups is 1. The van der Waals surface area contributed by atoms with Crippen molar-refractivity contribution in [2.75, 3.05) is 6.61 Å². The first-order valence-electron chi connectivity index (χ1n) is 9.75. The number of unbranched alkanes of at least 4 members (excludes halogenated alkanes) is 1. The molecule has 0 amide bonds. The van der Waals surface area contributed by atoms with Crippen molar-refractivity contribution in [1.29, 1.82) is 0 Å². The summed E-state index contributed by atoms with van der Waals surface area (Å²) >= 11 is 0. The number of hydrogen-bond donors (Lipinski definition) is 0. The van der Waals surface area contributed by atoms with Gasteiger partial charge in [-0.15, -0.1) is 0 Å². The summed E-state index contributed by atoms with van der Waals surface area (Å²) in [5, 5.41) is 0. The van der Waals surface area contributed by atoms with Gasteiger partial charge >= 0.3 is 5.97 Å². The number of benzene rings is 2. The van der Waals surface area contributed by atoms with Crippen LogP contribution in [-0.4, -0.2) is 23.4 Å². The highest BCUT2D eigenvalue weighted by Gasteiger charge is 2.10. The molecule has 0 aliphatic heterocycles. The van der Waals surface area contributed by atoms with Crippen LogP contribution in [0.3, 0.4) is 0 Å². The maximum absolute atomic E-state index is 13.2. The van der Waals surface area contributed by atoms with Crippen LogP contribution in [-0.2, 0) is 4.74 Å².